The van der Waals surface area contributed by atoms with Crippen molar-refractivity contribution in [1.29, 1.82) is 5.26 Å². The lowest BCUT2D eigenvalue weighted by molar-refractivity contribution is 0.601. The summed E-state index contributed by atoms with van der Waals surface area (Å²) in [6.45, 7) is 1.95. The Morgan fingerprint density at radius 1 is 1.16 bits per heavy atom. The predicted molar refractivity (Wildman–Crippen MR) is 72.2 cm³/mol. The van der Waals surface area contributed by atoms with Crippen molar-refractivity contribution in [3.8, 4) is 17.2 Å². The quantitative estimate of drug-likeness (QED) is 0.841. The lowest BCUT2D eigenvalue weighted by Gasteiger charge is -2.09. The van der Waals surface area contributed by atoms with E-state index in [0.29, 0.717) is 5.56 Å². The van der Waals surface area contributed by atoms with Crippen molar-refractivity contribution in [2.75, 3.05) is 6.26 Å². The van der Waals surface area contributed by atoms with E-state index >= 15 is 0 Å². The second-order valence-electron chi connectivity index (χ2n) is 4.29. The van der Waals surface area contributed by atoms with E-state index in [1.165, 1.54) is 6.20 Å². The highest BCUT2D eigenvalue weighted by Gasteiger charge is 2.20. The average Bonchev–Trinajstić information content (AvgIpc) is 2.37. The normalized spacial score (nSPS) is 11.0. The van der Waals surface area contributed by atoms with Crippen LogP contribution in [-0.2, 0) is 9.84 Å². The molecule has 2 aromatic rings. The number of sulfone groups is 1. The van der Waals surface area contributed by atoms with E-state index in [1.54, 1.807) is 6.07 Å². The number of nitriles is 1. The van der Waals surface area contributed by atoms with Crippen molar-refractivity contribution in [2.24, 2.45) is 0 Å². The van der Waals surface area contributed by atoms with E-state index in [2.05, 4.69) is 4.98 Å². The van der Waals surface area contributed by atoms with Crippen LogP contribution >= 0.6 is 0 Å². The Balaban J connectivity index is 2.78. The first-order valence-corrected chi connectivity index (χ1v) is 7.49. The maximum Gasteiger partial charge on any atom is 0.179 e. The van der Waals surface area contributed by atoms with Crippen LogP contribution in [0.15, 0.2) is 41.4 Å². The molecule has 96 valence electrons. The molecule has 0 bridgehead atoms. The highest BCUT2D eigenvalue weighted by Crippen LogP contribution is 2.29. The predicted octanol–water partition coefficient (Wildman–Crippen LogP) is 2.33. The van der Waals surface area contributed by atoms with Crippen molar-refractivity contribution < 1.29 is 8.42 Å². The van der Waals surface area contributed by atoms with Gasteiger partial charge in [0.2, 0.25) is 0 Å². The molecule has 0 saturated heterocycles. The summed E-state index contributed by atoms with van der Waals surface area (Å²) in [5.41, 5.74) is 2.28. The summed E-state index contributed by atoms with van der Waals surface area (Å²) in [5, 5.41) is 9.02. The average molecular weight is 272 g/mol. The molecule has 0 radical (unpaired) electrons. The zero-order chi connectivity index (χ0) is 14.0. The molecule has 4 nitrogen and oxygen atoms in total. The molecule has 0 atom stereocenters. The van der Waals surface area contributed by atoms with Crippen molar-refractivity contribution in [1.82, 2.24) is 4.98 Å². The third-order valence-corrected chi connectivity index (χ3v) is 3.90. The van der Waals surface area contributed by atoms with Crippen molar-refractivity contribution in [2.45, 2.75) is 11.8 Å². The summed E-state index contributed by atoms with van der Waals surface area (Å²) in [4.78, 5) is 3.81. The highest BCUT2D eigenvalue weighted by molar-refractivity contribution is 7.91. The van der Waals surface area contributed by atoms with Gasteiger partial charge in [0.25, 0.3) is 0 Å². The first-order chi connectivity index (χ1) is 8.93. The minimum Gasteiger partial charge on any atom is -0.244 e. The monoisotopic (exact) mass is 272 g/mol. The Hall–Kier alpha value is -2.19. The van der Waals surface area contributed by atoms with Gasteiger partial charge in [0.05, 0.1) is 0 Å². The summed E-state index contributed by atoms with van der Waals surface area (Å²) in [7, 11) is -3.52. The van der Waals surface area contributed by atoms with Gasteiger partial charge in [-0.3, -0.25) is 0 Å². The van der Waals surface area contributed by atoms with E-state index in [9.17, 15) is 8.42 Å². The molecule has 0 fully saturated rings. The fourth-order valence-electron chi connectivity index (χ4n) is 1.86. The largest absolute Gasteiger partial charge is 0.244 e. The van der Waals surface area contributed by atoms with Crippen LogP contribution in [-0.4, -0.2) is 19.7 Å². The van der Waals surface area contributed by atoms with Gasteiger partial charge in [-0.15, -0.1) is 0 Å². The Kier molecular flexibility index (Phi) is 3.36. The molecule has 0 saturated carbocycles. The molecule has 0 unspecified atom stereocenters. The number of hydrogen-bond donors (Lipinski definition) is 0. The van der Waals surface area contributed by atoms with Gasteiger partial charge in [-0.2, -0.15) is 5.26 Å². The number of hydrogen-bond acceptors (Lipinski definition) is 4. The van der Waals surface area contributed by atoms with E-state index < -0.39 is 9.84 Å². The van der Waals surface area contributed by atoms with Crippen molar-refractivity contribution in [3.63, 3.8) is 0 Å². The highest BCUT2D eigenvalue weighted by atomic mass is 32.2. The van der Waals surface area contributed by atoms with Crippen LogP contribution in [0.1, 0.15) is 11.3 Å². The molecule has 1 heterocycles. The lowest BCUT2D eigenvalue weighted by Crippen LogP contribution is -2.05. The molecule has 1 aromatic carbocycles. The molecule has 0 N–H and O–H groups in total. The SMILES string of the molecule is Cc1ccc(-c2ccnc(C#N)c2S(C)(=O)=O)cc1. The van der Waals surface area contributed by atoms with Gasteiger partial charge >= 0.3 is 0 Å². The van der Waals surface area contributed by atoms with Crippen LogP contribution in [0, 0.1) is 18.3 Å². The second-order valence-corrected chi connectivity index (χ2v) is 6.24. The number of nitrogens with zero attached hydrogens (tertiary/aromatic N) is 2. The fraction of sp³-hybridized carbons (Fsp3) is 0.143. The minimum atomic E-state index is -3.52. The van der Waals surface area contributed by atoms with E-state index in [0.717, 1.165) is 17.4 Å². The van der Waals surface area contributed by atoms with Gasteiger partial charge in [-0.1, -0.05) is 29.8 Å². The smallest absolute Gasteiger partial charge is 0.179 e. The van der Waals surface area contributed by atoms with Crippen molar-refractivity contribution >= 4 is 9.84 Å². The number of aryl methyl sites for hydroxylation is 1. The number of benzene rings is 1. The summed E-state index contributed by atoms with van der Waals surface area (Å²) in [6, 6.07) is 10.9. The van der Waals surface area contributed by atoms with Gasteiger partial charge in [0.1, 0.15) is 11.0 Å². The second kappa shape index (κ2) is 4.82. The molecular weight excluding hydrogens is 260 g/mol. The molecule has 0 aliphatic heterocycles. The number of pyridine rings is 1. The third kappa shape index (κ3) is 2.64. The Bertz CT molecular complexity index is 757. The summed E-state index contributed by atoms with van der Waals surface area (Å²) in [6.07, 6.45) is 2.53. The van der Waals surface area contributed by atoms with E-state index in [1.807, 2.05) is 37.3 Å². The third-order valence-electron chi connectivity index (χ3n) is 2.74. The first kappa shape index (κ1) is 13.2. The van der Waals surface area contributed by atoms with Crippen LogP contribution in [0.25, 0.3) is 11.1 Å². The number of rotatable bonds is 2. The van der Waals surface area contributed by atoms with Gasteiger partial charge in [-0.25, -0.2) is 13.4 Å². The van der Waals surface area contributed by atoms with Crippen LogP contribution in [0.5, 0.6) is 0 Å². The molecule has 0 spiro atoms. The zero-order valence-corrected chi connectivity index (χ0v) is 11.4. The molecule has 2 rings (SSSR count). The zero-order valence-electron chi connectivity index (χ0n) is 10.6. The van der Waals surface area contributed by atoms with Gasteiger partial charge in [-0.05, 0) is 18.6 Å². The molecule has 19 heavy (non-hydrogen) atoms. The first-order valence-electron chi connectivity index (χ1n) is 5.59. The molecule has 1 aromatic heterocycles. The standard InChI is InChI=1S/C14H12N2O2S/c1-10-3-5-11(6-4-10)12-7-8-16-13(9-15)14(12)19(2,17)18/h3-8H,1-2H3. The molecule has 0 amide bonds. The summed E-state index contributed by atoms with van der Waals surface area (Å²) >= 11 is 0. The van der Waals surface area contributed by atoms with E-state index in [4.69, 9.17) is 5.26 Å². The van der Waals surface area contributed by atoms with Gasteiger partial charge in [0.15, 0.2) is 15.5 Å². The van der Waals surface area contributed by atoms with Crippen molar-refractivity contribution in [3.05, 3.63) is 47.8 Å². The molecule has 0 aliphatic carbocycles. The molecular formula is C14H12N2O2S. The maximum absolute atomic E-state index is 11.9. The topological polar surface area (TPSA) is 70.8 Å². The molecule has 5 heteroatoms. The van der Waals surface area contributed by atoms with Gasteiger partial charge < -0.3 is 0 Å². The fourth-order valence-corrected chi connectivity index (χ4v) is 2.90. The minimum absolute atomic E-state index is 0.0126. The van der Waals surface area contributed by atoms with Crippen LogP contribution < -0.4 is 0 Å². The Morgan fingerprint density at radius 2 is 1.79 bits per heavy atom. The number of aromatic nitrogens is 1. The Morgan fingerprint density at radius 3 is 2.32 bits per heavy atom. The lowest BCUT2D eigenvalue weighted by atomic mass is 10.0. The van der Waals surface area contributed by atoms with Gasteiger partial charge in [0, 0.05) is 18.0 Å². The van der Waals surface area contributed by atoms with E-state index in [-0.39, 0.29) is 10.6 Å². The molecule has 0 aliphatic rings. The van der Waals surface area contributed by atoms with Crippen LogP contribution in [0.3, 0.4) is 0 Å². The summed E-state index contributed by atoms with van der Waals surface area (Å²) in [5.74, 6) is 0. The summed E-state index contributed by atoms with van der Waals surface area (Å²) < 4.78 is 23.8. The Labute approximate surface area is 112 Å². The van der Waals surface area contributed by atoms with Crippen LogP contribution in [0.4, 0.5) is 0 Å². The maximum atomic E-state index is 11.9. The van der Waals surface area contributed by atoms with Crippen LogP contribution in [0.2, 0.25) is 0 Å².